The van der Waals surface area contributed by atoms with E-state index < -0.39 is 10.0 Å². The number of amides is 1. The van der Waals surface area contributed by atoms with Crippen LogP contribution >= 0.6 is 11.8 Å². The number of anilines is 1. The number of ether oxygens (including phenoxy) is 1. The smallest absolute Gasteiger partial charge is 0.244 e. The van der Waals surface area contributed by atoms with Crippen molar-refractivity contribution in [3.05, 3.63) is 48.2 Å². The Kier molecular flexibility index (Phi) is 6.71. The van der Waals surface area contributed by atoms with Gasteiger partial charge in [0.15, 0.2) is 0 Å². The van der Waals surface area contributed by atoms with Crippen molar-refractivity contribution >= 4 is 33.4 Å². The van der Waals surface area contributed by atoms with E-state index in [1.54, 1.807) is 13.0 Å². The molecule has 0 bridgehead atoms. The second-order valence-corrected chi connectivity index (χ2v) is 9.76. The maximum atomic E-state index is 12.6. The number of aryl methyl sites for hydroxylation is 1. The Hall–Kier alpha value is -1.94. The van der Waals surface area contributed by atoms with Gasteiger partial charge in [-0.2, -0.15) is 4.31 Å². The van der Waals surface area contributed by atoms with Crippen molar-refractivity contribution in [3.63, 3.8) is 0 Å². The second kappa shape index (κ2) is 9.04. The third-order valence-corrected chi connectivity index (χ3v) is 7.24. The lowest BCUT2D eigenvalue weighted by Gasteiger charge is -2.25. The largest absolute Gasteiger partial charge is 0.379 e. The van der Waals surface area contributed by atoms with Gasteiger partial charge in [-0.05, 0) is 38.1 Å². The molecular weight excluding hydrogens is 398 g/mol. The minimum atomic E-state index is -3.57. The first kappa shape index (κ1) is 20.8. The molecule has 1 aliphatic heterocycles. The molecule has 0 unspecified atom stereocenters. The van der Waals surface area contributed by atoms with E-state index in [1.165, 1.54) is 28.3 Å². The number of hydrogen-bond donors (Lipinski definition) is 1. The summed E-state index contributed by atoms with van der Waals surface area (Å²) in [5, 5.41) is 3.08. The molecule has 0 aliphatic carbocycles. The third kappa shape index (κ3) is 5.11. The predicted octanol–water partition coefficient (Wildman–Crippen LogP) is 2.53. The summed E-state index contributed by atoms with van der Waals surface area (Å²) in [6.07, 6.45) is 1.34. The van der Waals surface area contributed by atoms with E-state index in [9.17, 15) is 13.2 Å². The molecule has 0 radical (unpaired) electrons. The van der Waals surface area contributed by atoms with Gasteiger partial charge < -0.3 is 10.1 Å². The zero-order valence-corrected chi connectivity index (χ0v) is 17.4. The molecular formula is C19H23N3O4S2. The van der Waals surface area contributed by atoms with Crippen molar-refractivity contribution in [1.82, 2.24) is 9.29 Å². The zero-order chi connectivity index (χ0) is 20.1. The monoisotopic (exact) mass is 421 g/mol. The van der Waals surface area contributed by atoms with Crippen LogP contribution in [0.3, 0.4) is 0 Å². The molecule has 0 spiro atoms. The molecule has 1 amide bonds. The number of benzene rings is 1. The van der Waals surface area contributed by atoms with E-state index in [4.69, 9.17) is 4.74 Å². The maximum Gasteiger partial charge on any atom is 0.244 e. The number of pyridine rings is 1. The maximum absolute atomic E-state index is 12.6. The van der Waals surface area contributed by atoms with E-state index >= 15 is 0 Å². The van der Waals surface area contributed by atoms with Gasteiger partial charge in [0.2, 0.25) is 15.9 Å². The van der Waals surface area contributed by atoms with Crippen molar-refractivity contribution in [2.45, 2.75) is 29.0 Å². The van der Waals surface area contributed by atoms with Crippen LogP contribution in [0.1, 0.15) is 12.5 Å². The standard InChI is InChI=1S/C19H23N3O4S2/c1-14-3-5-16(6-4-14)21-19(23)15(2)27-18-8-7-17(13-20-18)28(24,25)22-9-11-26-12-10-22/h3-8,13,15H,9-12H2,1-2H3,(H,21,23)/t15-/m0/s1. The summed E-state index contributed by atoms with van der Waals surface area (Å²) in [4.78, 5) is 16.7. The van der Waals surface area contributed by atoms with Crippen LogP contribution in [0, 0.1) is 6.92 Å². The van der Waals surface area contributed by atoms with Crippen LogP contribution in [0.4, 0.5) is 5.69 Å². The Morgan fingerprint density at radius 2 is 1.86 bits per heavy atom. The van der Waals surface area contributed by atoms with Crippen molar-refractivity contribution in [3.8, 4) is 0 Å². The molecule has 1 fully saturated rings. The predicted molar refractivity (Wildman–Crippen MR) is 109 cm³/mol. The number of sulfonamides is 1. The molecule has 1 saturated heterocycles. The summed E-state index contributed by atoms with van der Waals surface area (Å²) in [6, 6.07) is 10.7. The van der Waals surface area contributed by atoms with Crippen molar-refractivity contribution in [2.75, 3.05) is 31.6 Å². The second-order valence-electron chi connectivity index (χ2n) is 6.46. The number of nitrogens with one attached hydrogen (secondary N) is 1. The van der Waals surface area contributed by atoms with Crippen LogP contribution in [0.25, 0.3) is 0 Å². The van der Waals surface area contributed by atoms with Crippen LogP contribution in [-0.2, 0) is 19.6 Å². The zero-order valence-electron chi connectivity index (χ0n) is 15.8. The van der Waals surface area contributed by atoms with E-state index in [1.807, 2.05) is 31.2 Å². The van der Waals surface area contributed by atoms with Crippen LogP contribution < -0.4 is 5.32 Å². The molecule has 150 valence electrons. The molecule has 1 N–H and O–H groups in total. The quantitative estimate of drug-likeness (QED) is 0.721. The fourth-order valence-electron chi connectivity index (χ4n) is 2.64. The Morgan fingerprint density at radius 3 is 2.46 bits per heavy atom. The number of hydrogen-bond acceptors (Lipinski definition) is 6. The number of carbonyl (C=O) groups excluding carboxylic acids is 1. The summed E-state index contributed by atoms with van der Waals surface area (Å²) >= 11 is 1.28. The molecule has 1 aliphatic rings. The molecule has 28 heavy (non-hydrogen) atoms. The normalized spacial score (nSPS) is 16.5. The Bertz CT molecular complexity index is 909. The molecule has 0 saturated carbocycles. The van der Waals surface area contributed by atoms with Gasteiger partial charge in [0, 0.05) is 25.0 Å². The molecule has 7 nitrogen and oxygen atoms in total. The molecule has 1 aromatic carbocycles. The minimum Gasteiger partial charge on any atom is -0.379 e. The summed E-state index contributed by atoms with van der Waals surface area (Å²) in [5.41, 5.74) is 1.86. The highest BCUT2D eigenvalue weighted by molar-refractivity contribution is 8.00. The lowest BCUT2D eigenvalue weighted by molar-refractivity contribution is -0.115. The summed E-state index contributed by atoms with van der Waals surface area (Å²) < 4.78 is 31.8. The van der Waals surface area contributed by atoms with Gasteiger partial charge in [0.05, 0.1) is 23.5 Å². The van der Waals surface area contributed by atoms with E-state index in [0.717, 1.165) is 11.3 Å². The van der Waals surface area contributed by atoms with Crippen LogP contribution in [0.15, 0.2) is 52.5 Å². The molecule has 3 rings (SSSR count). The molecule has 1 atom stereocenters. The molecule has 1 aromatic heterocycles. The Balaban J connectivity index is 1.61. The first-order chi connectivity index (χ1) is 13.4. The fraction of sp³-hybridized carbons (Fsp3) is 0.368. The molecule has 2 aromatic rings. The van der Waals surface area contributed by atoms with E-state index in [0.29, 0.717) is 31.3 Å². The van der Waals surface area contributed by atoms with Crippen LogP contribution in [-0.4, -0.2) is 55.2 Å². The average molecular weight is 422 g/mol. The first-order valence-electron chi connectivity index (χ1n) is 8.94. The summed E-state index contributed by atoms with van der Waals surface area (Å²) in [7, 11) is -3.57. The fourth-order valence-corrected chi connectivity index (χ4v) is 4.78. The van der Waals surface area contributed by atoms with Crippen molar-refractivity contribution in [2.24, 2.45) is 0 Å². The number of morpholine rings is 1. The van der Waals surface area contributed by atoms with Crippen LogP contribution in [0.2, 0.25) is 0 Å². The average Bonchev–Trinajstić information content (AvgIpc) is 2.70. The van der Waals surface area contributed by atoms with Gasteiger partial charge in [-0.15, -0.1) is 0 Å². The van der Waals surface area contributed by atoms with Crippen LogP contribution in [0.5, 0.6) is 0 Å². The Labute approximate surface area is 169 Å². The third-order valence-electron chi connectivity index (χ3n) is 4.30. The number of carbonyl (C=O) groups is 1. The van der Waals surface area contributed by atoms with Crippen molar-refractivity contribution in [1.29, 1.82) is 0 Å². The highest BCUT2D eigenvalue weighted by Gasteiger charge is 2.26. The number of thioether (sulfide) groups is 1. The number of rotatable bonds is 6. The highest BCUT2D eigenvalue weighted by atomic mass is 32.2. The van der Waals surface area contributed by atoms with Gasteiger partial charge in [0.1, 0.15) is 4.90 Å². The topological polar surface area (TPSA) is 88.6 Å². The van der Waals surface area contributed by atoms with Gasteiger partial charge in [-0.1, -0.05) is 29.5 Å². The van der Waals surface area contributed by atoms with Crippen molar-refractivity contribution < 1.29 is 17.9 Å². The van der Waals surface area contributed by atoms with E-state index in [-0.39, 0.29) is 16.1 Å². The molecule has 9 heteroatoms. The van der Waals surface area contributed by atoms with Gasteiger partial charge in [-0.3, -0.25) is 4.79 Å². The number of nitrogens with zero attached hydrogens (tertiary/aromatic N) is 2. The lowest BCUT2D eigenvalue weighted by atomic mass is 10.2. The van der Waals surface area contributed by atoms with E-state index in [2.05, 4.69) is 10.3 Å². The highest BCUT2D eigenvalue weighted by Crippen LogP contribution is 2.24. The summed E-state index contributed by atoms with van der Waals surface area (Å²) in [6.45, 7) is 5.25. The van der Waals surface area contributed by atoms with Gasteiger partial charge >= 0.3 is 0 Å². The van der Waals surface area contributed by atoms with Gasteiger partial charge in [-0.25, -0.2) is 13.4 Å². The lowest BCUT2D eigenvalue weighted by Crippen LogP contribution is -2.40. The summed E-state index contributed by atoms with van der Waals surface area (Å²) in [5.74, 6) is -0.138. The molecule has 2 heterocycles. The Morgan fingerprint density at radius 1 is 1.18 bits per heavy atom. The van der Waals surface area contributed by atoms with Gasteiger partial charge in [0.25, 0.3) is 0 Å². The number of aromatic nitrogens is 1. The SMILES string of the molecule is Cc1ccc(NC(=O)[C@H](C)Sc2ccc(S(=O)(=O)N3CCOCC3)cn2)cc1. The first-order valence-corrected chi connectivity index (χ1v) is 11.3. The minimum absolute atomic E-state index is 0.138.